The summed E-state index contributed by atoms with van der Waals surface area (Å²) in [4.78, 5) is 28.0. The van der Waals surface area contributed by atoms with Gasteiger partial charge in [-0.15, -0.1) is 11.3 Å². The molecule has 2 N–H and O–H groups in total. The fraction of sp³-hybridized carbons (Fsp3) is 0.0500. The van der Waals surface area contributed by atoms with E-state index in [0.717, 1.165) is 15.2 Å². The molecule has 6 nitrogen and oxygen atoms in total. The van der Waals surface area contributed by atoms with Crippen LogP contribution in [0.4, 0.5) is 11.4 Å². The minimum atomic E-state index is -0.352. The number of hydrogen-bond donors (Lipinski definition) is 2. The molecule has 0 atom stereocenters. The molecule has 0 aliphatic carbocycles. The predicted octanol–water partition coefficient (Wildman–Crippen LogP) is 4.77. The lowest BCUT2D eigenvalue weighted by molar-refractivity contribution is -0.114. The van der Waals surface area contributed by atoms with Crippen molar-refractivity contribution < 1.29 is 14.0 Å². The molecule has 2 heterocycles. The standard InChI is InChI=1S/C20H15N3O3S/c1-12(24)21-13-6-8-14(9-7-13)22-19(25)16-10-11-17(26-16)20-23-15-4-2-3-5-18(15)27-20/h2-11H,1H3,(H,21,24)(H,22,25). The fourth-order valence-corrected chi connectivity index (χ4v) is 3.51. The molecule has 27 heavy (non-hydrogen) atoms. The van der Waals surface area contributed by atoms with Crippen molar-refractivity contribution in [2.45, 2.75) is 6.92 Å². The van der Waals surface area contributed by atoms with Crippen LogP contribution in [-0.2, 0) is 4.79 Å². The molecule has 0 saturated heterocycles. The predicted molar refractivity (Wildman–Crippen MR) is 106 cm³/mol. The number of anilines is 2. The van der Waals surface area contributed by atoms with E-state index >= 15 is 0 Å². The van der Waals surface area contributed by atoms with Gasteiger partial charge in [0.25, 0.3) is 5.91 Å². The van der Waals surface area contributed by atoms with Crippen LogP contribution < -0.4 is 10.6 Å². The minimum Gasteiger partial charge on any atom is -0.448 e. The summed E-state index contributed by atoms with van der Waals surface area (Å²) in [5.74, 6) is 0.261. The van der Waals surface area contributed by atoms with Crippen LogP contribution in [0.15, 0.2) is 65.1 Å². The second-order valence-corrected chi connectivity index (χ2v) is 6.89. The lowest BCUT2D eigenvalue weighted by atomic mass is 10.2. The molecule has 0 bridgehead atoms. The van der Waals surface area contributed by atoms with Crippen LogP contribution in [0.1, 0.15) is 17.5 Å². The highest BCUT2D eigenvalue weighted by atomic mass is 32.1. The molecule has 0 unspecified atom stereocenters. The zero-order chi connectivity index (χ0) is 18.8. The molecular weight excluding hydrogens is 362 g/mol. The fourth-order valence-electron chi connectivity index (χ4n) is 2.59. The number of hydrogen-bond acceptors (Lipinski definition) is 5. The quantitative estimate of drug-likeness (QED) is 0.537. The van der Waals surface area contributed by atoms with E-state index in [9.17, 15) is 9.59 Å². The van der Waals surface area contributed by atoms with Gasteiger partial charge in [-0.1, -0.05) is 12.1 Å². The van der Waals surface area contributed by atoms with Gasteiger partial charge in [-0.05, 0) is 48.5 Å². The van der Waals surface area contributed by atoms with Gasteiger partial charge in [0.1, 0.15) is 0 Å². The van der Waals surface area contributed by atoms with Crippen molar-refractivity contribution in [2.75, 3.05) is 10.6 Å². The number of para-hydroxylation sites is 1. The van der Waals surface area contributed by atoms with Crippen LogP contribution in [0.25, 0.3) is 21.0 Å². The molecule has 0 aliphatic heterocycles. The molecule has 134 valence electrons. The molecular formula is C20H15N3O3S. The normalized spacial score (nSPS) is 10.7. The number of nitrogens with one attached hydrogen (secondary N) is 2. The van der Waals surface area contributed by atoms with Gasteiger partial charge >= 0.3 is 0 Å². The number of amides is 2. The van der Waals surface area contributed by atoms with Gasteiger partial charge in [0.2, 0.25) is 5.91 Å². The lowest BCUT2D eigenvalue weighted by Crippen LogP contribution is -2.11. The Bertz CT molecular complexity index is 1100. The van der Waals surface area contributed by atoms with Crippen LogP contribution in [0.5, 0.6) is 0 Å². The van der Waals surface area contributed by atoms with Gasteiger partial charge in [-0.3, -0.25) is 9.59 Å². The van der Waals surface area contributed by atoms with Crippen LogP contribution in [0.2, 0.25) is 0 Å². The summed E-state index contributed by atoms with van der Waals surface area (Å²) in [5.41, 5.74) is 2.17. The first-order valence-corrected chi connectivity index (χ1v) is 9.05. The van der Waals surface area contributed by atoms with Crippen LogP contribution in [-0.4, -0.2) is 16.8 Å². The average Bonchev–Trinajstić information content (AvgIpc) is 3.29. The van der Waals surface area contributed by atoms with Gasteiger partial charge in [-0.25, -0.2) is 4.98 Å². The number of thiazole rings is 1. The van der Waals surface area contributed by atoms with E-state index in [1.807, 2.05) is 24.3 Å². The largest absolute Gasteiger partial charge is 0.448 e. The summed E-state index contributed by atoms with van der Waals surface area (Å²) in [6.45, 7) is 1.44. The van der Waals surface area contributed by atoms with E-state index in [1.165, 1.54) is 18.3 Å². The number of carbonyl (C=O) groups excluding carboxylic acids is 2. The average molecular weight is 377 g/mol. The van der Waals surface area contributed by atoms with Crippen molar-refractivity contribution in [3.63, 3.8) is 0 Å². The first-order valence-electron chi connectivity index (χ1n) is 8.23. The Morgan fingerprint density at radius 3 is 2.33 bits per heavy atom. The number of rotatable bonds is 4. The maximum Gasteiger partial charge on any atom is 0.291 e. The van der Waals surface area contributed by atoms with Gasteiger partial charge in [0.15, 0.2) is 16.5 Å². The van der Waals surface area contributed by atoms with Crippen molar-refractivity contribution in [3.05, 3.63) is 66.4 Å². The first-order chi connectivity index (χ1) is 13.1. The van der Waals surface area contributed by atoms with Crippen LogP contribution in [0, 0.1) is 0 Å². The Labute approximate surface area is 158 Å². The van der Waals surface area contributed by atoms with E-state index in [-0.39, 0.29) is 17.6 Å². The summed E-state index contributed by atoms with van der Waals surface area (Å²) in [6, 6.07) is 18.0. The Balaban J connectivity index is 1.49. The van der Waals surface area contributed by atoms with E-state index < -0.39 is 0 Å². The van der Waals surface area contributed by atoms with Crippen molar-refractivity contribution in [2.24, 2.45) is 0 Å². The lowest BCUT2D eigenvalue weighted by Gasteiger charge is -2.05. The van der Waals surface area contributed by atoms with Gasteiger partial charge < -0.3 is 15.1 Å². The molecule has 4 rings (SSSR count). The molecule has 7 heteroatoms. The maximum atomic E-state index is 12.4. The minimum absolute atomic E-state index is 0.148. The molecule has 2 aromatic carbocycles. The topological polar surface area (TPSA) is 84.2 Å². The Morgan fingerprint density at radius 1 is 0.926 bits per heavy atom. The summed E-state index contributed by atoms with van der Waals surface area (Å²) in [7, 11) is 0. The second-order valence-electron chi connectivity index (χ2n) is 5.86. The summed E-state index contributed by atoms with van der Waals surface area (Å²) < 4.78 is 6.75. The third-order valence-electron chi connectivity index (χ3n) is 3.80. The van der Waals surface area contributed by atoms with Gasteiger partial charge in [-0.2, -0.15) is 0 Å². The first kappa shape index (κ1) is 17.0. The van der Waals surface area contributed by atoms with Gasteiger partial charge in [0.05, 0.1) is 10.2 Å². The van der Waals surface area contributed by atoms with Crippen molar-refractivity contribution in [3.8, 4) is 10.8 Å². The smallest absolute Gasteiger partial charge is 0.291 e. The number of fused-ring (bicyclic) bond motifs is 1. The molecule has 0 aliphatic rings. The highest BCUT2D eigenvalue weighted by Crippen LogP contribution is 2.31. The SMILES string of the molecule is CC(=O)Nc1ccc(NC(=O)c2ccc(-c3nc4ccccc4s3)o2)cc1. The van der Waals surface area contributed by atoms with E-state index in [2.05, 4.69) is 15.6 Å². The van der Waals surface area contributed by atoms with E-state index in [0.29, 0.717) is 17.1 Å². The molecule has 0 saturated carbocycles. The highest BCUT2D eigenvalue weighted by Gasteiger charge is 2.15. The number of nitrogens with zero attached hydrogens (tertiary/aromatic N) is 1. The summed E-state index contributed by atoms with van der Waals surface area (Å²) >= 11 is 1.51. The van der Waals surface area contributed by atoms with Crippen molar-refractivity contribution >= 4 is 44.7 Å². The van der Waals surface area contributed by atoms with Crippen molar-refractivity contribution in [1.29, 1.82) is 0 Å². The third-order valence-corrected chi connectivity index (χ3v) is 4.85. The van der Waals surface area contributed by atoms with Crippen LogP contribution in [0.3, 0.4) is 0 Å². The molecule has 2 aromatic heterocycles. The molecule has 2 amide bonds. The Morgan fingerprint density at radius 2 is 1.63 bits per heavy atom. The molecule has 0 spiro atoms. The summed E-state index contributed by atoms with van der Waals surface area (Å²) in [5, 5.41) is 6.17. The van der Waals surface area contributed by atoms with Crippen molar-refractivity contribution in [1.82, 2.24) is 4.98 Å². The zero-order valence-electron chi connectivity index (χ0n) is 14.4. The monoisotopic (exact) mass is 377 g/mol. The number of benzene rings is 2. The third kappa shape index (κ3) is 3.73. The molecule has 0 radical (unpaired) electrons. The Kier molecular flexibility index (Phi) is 4.43. The number of aromatic nitrogens is 1. The highest BCUT2D eigenvalue weighted by molar-refractivity contribution is 7.21. The molecule has 0 fully saturated rings. The maximum absolute atomic E-state index is 12.4. The number of carbonyl (C=O) groups is 2. The molecule has 4 aromatic rings. The van der Waals surface area contributed by atoms with Gasteiger partial charge in [0, 0.05) is 18.3 Å². The second kappa shape index (κ2) is 7.05. The van der Waals surface area contributed by atoms with E-state index in [4.69, 9.17) is 4.42 Å². The number of furan rings is 1. The van der Waals surface area contributed by atoms with E-state index in [1.54, 1.807) is 36.4 Å². The Hall–Kier alpha value is -3.45. The summed E-state index contributed by atoms with van der Waals surface area (Å²) in [6.07, 6.45) is 0. The van der Waals surface area contributed by atoms with Crippen LogP contribution >= 0.6 is 11.3 Å². The zero-order valence-corrected chi connectivity index (χ0v) is 15.2.